The number of hydrogen-bond acceptors (Lipinski definition) is 5. The number of nitrogens with one attached hydrogen (secondary N) is 2. The molecule has 0 unspecified atom stereocenters. The Bertz CT molecular complexity index is 1160. The van der Waals surface area contributed by atoms with Gasteiger partial charge in [0, 0.05) is 42.5 Å². The molecule has 35 heavy (non-hydrogen) atoms. The van der Waals surface area contributed by atoms with E-state index < -0.39 is 5.54 Å². The van der Waals surface area contributed by atoms with Crippen LogP contribution in [-0.4, -0.2) is 45.3 Å². The van der Waals surface area contributed by atoms with Gasteiger partial charge in [-0.2, -0.15) is 5.26 Å². The highest BCUT2D eigenvalue weighted by Gasteiger charge is 2.27. The Balaban J connectivity index is 1.52. The number of imidazole rings is 1. The number of aromatic nitrogens is 2. The number of aromatic amines is 1. The molecule has 4 rings (SSSR count). The third kappa shape index (κ3) is 6.17. The second kappa shape index (κ2) is 10.4. The number of nitriles is 1. The fourth-order valence-corrected chi connectivity index (χ4v) is 4.91. The number of benzene rings is 1. The fourth-order valence-electron chi connectivity index (χ4n) is 4.91. The number of H-pyrrole nitrogens is 1. The second-order valence-corrected chi connectivity index (χ2v) is 10.3. The zero-order chi connectivity index (χ0) is 25.0. The van der Waals surface area contributed by atoms with Crippen molar-refractivity contribution in [3.8, 4) is 6.07 Å². The average Bonchev–Trinajstić information content (AvgIpc) is 3.34. The van der Waals surface area contributed by atoms with Gasteiger partial charge in [-0.25, -0.2) is 4.98 Å². The van der Waals surface area contributed by atoms with E-state index in [0.29, 0.717) is 12.3 Å². The molecule has 1 aliphatic carbocycles. The monoisotopic (exact) mass is 474 g/mol. The molecule has 1 aliphatic heterocycles. The van der Waals surface area contributed by atoms with Crippen molar-refractivity contribution >= 4 is 23.1 Å². The summed E-state index contributed by atoms with van der Waals surface area (Å²) in [5.74, 6) is 0.235. The standard InChI is InChI=1S/C27H34N6O2/c1-27(2,29)15-24(34)33-12-10-18(11-13-33)20-8-9-23(22(14-20)19-6-4-3-5-7-19)32-26(35)25-30-17-21(16-28)31-25/h6,8-9,14,17-18H,3-5,7,10-13,15,29H2,1-2H3,(H,30,31)(H,32,35). The van der Waals surface area contributed by atoms with Crippen LogP contribution in [0, 0.1) is 11.3 Å². The van der Waals surface area contributed by atoms with Crippen LogP contribution < -0.4 is 11.1 Å². The molecule has 0 bridgehead atoms. The van der Waals surface area contributed by atoms with Gasteiger partial charge in [0.25, 0.3) is 5.91 Å². The van der Waals surface area contributed by atoms with Gasteiger partial charge in [-0.1, -0.05) is 12.1 Å². The third-order valence-corrected chi connectivity index (χ3v) is 6.76. The zero-order valence-corrected chi connectivity index (χ0v) is 20.6. The number of carbonyl (C=O) groups excluding carboxylic acids is 2. The quantitative estimate of drug-likeness (QED) is 0.574. The minimum absolute atomic E-state index is 0.117. The van der Waals surface area contributed by atoms with Crippen LogP contribution in [0.3, 0.4) is 0 Å². The summed E-state index contributed by atoms with van der Waals surface area (Å²) < 4.78 is 0. The highest BCUT2D eigenvalue weighted by molar-refractivity contribution is 6.03. The van der Waals surface area contributed by atoms with Crippen molar-refractivity contribution in [2.24, 2.45) is 5.73 Å². The lowest BCUT2D eigenvalue weighted by molar-refractivity contribution is -0.133. The number of allylic oxidation sites excluding steroid dienone is 2. The van der Waals surface area contributed by atoms with E-state index in [1.54, 1.807) is 0 Å². The van der Waals surface area contributed by atoms with Gasteiger partial charge in [0.05, 0.1) is 0 Å². The molecule has 1 aromatic carbocycles. The molecule has 4 N–H and O–H groups in total. The van der Waals surface area contributed by atoms with E-state index in [-0.39, 0.29) is 23.3 Å². The number of carbonyl (C=O) groups is 2. The maximum Gasteiger partial charge on any atom is 0.291 e. The molecule has 0 spiro atoms. The van der Waals surface area contributed by atoms with Crippen LogP contribution in [0.5, 0.6) is 0 Å². The molecule has 8 heteroatoms. The van der Waals surface area contributed by atoms with Gasteiger partial charge in [-0.3, -0.25) is 9.59 Å². The molecule has 1 aromatic heterocycles. The van der Waals surface area contributed by atoms with Gasteiger partial charge in [-0.15, -0.1) is 0 Å². The molecule has 0 saturated carbocycles. The molecule has 0 radical (unpaired) electrons. The predicted octanol–water partition coefficient (Wildman–Crippen LogP) is 4.32. The minimum Gasteiger partial charge on any atom is -0.343 e. The smallest absolute Gasteiger partial charge is 0.291 e. The first-order valence-corrected chi connectivity index (χ1v) is 12.4. The van der Waals surface area contributed by atoms with Crippen molar-refractivity contribution in [1.29, 1.82) is 5.26 Å². The SMILES string of the molecule is CC(C)(N)CC(=O)N1CCC(c2ccc(NC(=O)c3nc(C#N)c[nH]3)c(C3=CCCCC3)c2)CC1. The number of anilines is 1. The lowest BCUT2D eigenvalue weighted by Crippen LogP contribution is -2.44. The van der Waals surface area contributed by atoms with E-state index in [4.69, 9.17) is 11.0 Å². The molecule has 8 nitrogen and oxygen atoms in total. The molecular formula is C27H34N6O2. The second-order valence-electron chi connectivity index (χ2n) is 10.3. The number of nitrogens with two attached hydrogens (primary N) is 1. The van der Waals surface area contributed by atoms with Gasteiger partial charge in [0.2, 0.25) is 5.91 Å². The Morgan fingerprint density at radius 3 is 2.69 bits per heavy atom. The van der Waals surface area contributed by atoms with Gasteiger partial charge >= 0.3 is 0 Å². The Kier molecular flexibility index (Phi) is 7.37. The molecule has 0 atom stereocenters. The number of likely N-dealkylation sites (tertiary alicyclic amines) is 1. The third-order valence-electron chi connectivity index (χ3n) is 6.76. The van der Waals surface area contributed by atoms with Crippen molar-refractivity contribution in [1.82, 2.24) is 14.9 Å². The van der Waals surface area contributed by atoms with Crippen molar-refractivity contribution in [3.63, 3.8) is 0 Å². The summed E-state index contributed by atoms with van der Waals surface area (Å²) in [6.07, 6.45) is 10.2. The normalized spacial score (nSPS) is 17.0. The lowest BCUT2D eigenvalue weighted by Gasteiger charge is -2.34. The largest absolute Gasteiger partial charge is 0.343 e. The maximum atomic E-state index is 12.8. The Morgan fingerprint density at radius 2 is 2.06 bits per heavy atom. The van der Waals surface area contributed by atoms with Gasteiger partial charge in [-0.05, 0) is 81.6 Å². The first-order chi connectivity index (χ1) is 16.7. The van der Waals surface area contributed by atoms with Crippen LogP contribution in [0.25, 0.3) is 5.57 Å². The van der Waals surface area contributed by atoms with E-state index >= 15 is 0 Å². The van der Waals surface area contributed by atoms with Crippen molar-refractivity contribution in [3.05, 3.63) is 53.1 Å². The number of rotatable bonds is 6. The van der Waals surface area contributed by atoms with E-state index in [9.17, 15) is 9.59 Å². The van der Waals surface area contributed by atoms with Crippen LogP contribution in [0.1, 0.15) is 92.2 Å². The molecule has 1 saturated heterocycles. The van der Waals surface area contributed by atoms with Crippen molar-refractivity contribution in [2.75, 3.05) is 18.4 Å². The lowest BCUT2D eigenvalue weighted by atomic mass is 9.85. The van der Waals surface area contributed by atoms with Crippen LogP contribution in [0.2, 0.25) is 0 Å². The number of hydrogen-bond donors (Lipinski definition) is 3. The van der Waals surface area contributed by atoms with E-state index in [1.807, 2.05) is 30.9 Å². The maximum absolute atomic E-state index is 12.8. The number of nitrogens with zero attached hydrogens (tertiary/aromatic N) is 3. The Labute approximate surface area is 206 Å². The molecule has 184 valence electrons. The summed E-state index contributed by atoms with van der Waals surface area (Å²) in [6, 6.07) is 8.19. The van der Waals surface area contributed by atoms with Gasteiger partial charge < -0.3 is 20.9 Å². The minimum atomic E-state index is -0.497. The predicted molar refractivity (Wildman–Crippen MR) is 136 cm³/mol. The molecule has 2 aliphatic rings. The van der Waals surface area contributed by atoms with Crippen molar-refractivity contribution in [2.45, 2.75) is 70.3 Å². The average molecular weight is 475 g/mol. The highest BCUT2D eigenvalue weighted by Crippen LogP contribution is 2.36. The molecule has 1 fully saturated rings. The topological polar surface area (TPSA) is 128 Å². The highest BCUT2D eigenvalue weighted by atomic mass is 16.2. The first kappa shape index (κ1) is 24.7. The summed E-state index contributed by atoms with van der Waals surface area (Å²) in [6.45, 7) is 5.23. The summed E-state index contributed by atoms with van der Waals surface area (Å²) in [5, 5.41) is 12.0. The van der Waals surface area contributed by atoms with Gasteiger partial charge in [0.15, 0.2) is 11.5 Å². The van der Waals surface area contributed by atoms with Crippen LogP contribution in [0.15, 0.2) is 30.5 Å². The van der Waals surface area contributed by atoms with Crippen molar-refractivity contribution < 1.29 is 9.59 Å². The zero-order valence-electron chi connectivity index (χ0n) is 20.6. The summed E-state index contributed by atoms with van der Waals surface area (Å²) in [5.41, 5.74) is 10.0. The molecular weight excluding hydrogens is 440 g/mol. The molecule has 2 heterocycles. The summed E-state index contributed by atoms with van der Waals surface area (Å²) in [4.78, 5) is 34.1. The van der Waals surface area contributed by atoms with E-state index in [1.165, 1.54) is 23.8 Å². The van der Waals surface area contributed by atoms with E-state index in [0.717, 1.165) is 56.4 Å². The summed E-state index contributed by atoms with van der Waals surface area (Å²) in [7, 11) is 0. The summed E-state index contributed by atoms with van der Waals surface area (Å²) >= 11 is 0. The Morgan fingerprint density at radius 1 is 1.29 bits per heavy atom. The molecule has 2 aromatic rings. The Hall–Kier alpha value is -3.44. The number of piperidine rings is 1. The van der Waals surface area contributed by atoms with Gasteiger partial charge in [0.1, 0.15) is 6.07 Å². The molecule has 2 amide bonds. The fraction of sp³-hybridized carbons (Fsp3) is 0.481. The van der Waals surface area contributed by atoms with Crippen LogP contribution in [-0.2, 0) is 4.79 Å². The van der Waals surface area contributed by atoms with E-state index in [2.05, 4.69) is 33.5 Å². The first-order valence-electron chi connectivity index (χ1n) is 12.4. The van der Waals surface area contributed by atoms with Crippen LogP contribution in [0.4, 0.5) is 5.69 Å². The number of amides is 2. The van der Waals surface area contributed by atoms with Crippen LogP contribution >= 0.6 is 0 Å².